The lowest BCUT2D eigenvalue weighted by molar-refractivity contribution is -0.128. The zero-order chi connectivity index (χ0) is 16.9. The summed E-state index contributed by atoms with van der Waals surface area (Å²) in [4.78, 5) is 16.6. The van der Waals surface area contributed by atoms with Gasteiger partial charge in [0.1, 0.15) is 6.33 Å². The fourth-order valence-electron chi connectivity index (χ4n) is 2.68. The van der Waals surface area contributed by atoms with E-state index in [0.29, 0.717) is 5.75 Å². The molecule has 0 atom stereocenters. The normalized spacial score (nSPS) is 14.9. The third-order valence-electron chi connectivity index (χ3n) is 4.05. The van der Waals surface area contributed by atoms with Crippen molar-refractivity contribution in [3.63, 3.8) is 0 Å². The van der Waals surface area contributed by atoms with Crippen LogP contribution in [0.3, 0.4) is 0 Å². The molecule has 8 heteroatoms. The first-order chi connectivity index (χ1) is 11.7. The van der Waals surface area contributed by atoms with Crippen LogP contribution in [0, 0.1) is 0 Å². The number of hydrogen-bond acceptors (Lipinski definition) is 5. The van der Waals surface area contributed by atoms with E-state index in [9.17, 15) is 4.79 Å². The maximum Gasteiger partial charge on any atom is 0.233 e. The lowest BCUT2D eigenvalue weighted by atomic mass is 10.2. The Morgan fingerprint density at radius 3 is 2.79 bits per heavy atom. The molecule has 2 aromatic rings. The highest BCUT2D eigenvalue weighted by Crippen LogP contribution is 2.21. The highest BCUT2D eigenvalue weighted by Gasteiger charge is 2.22. The lowest BCUT2D eigenvalue weighted by Gasteiger charge is -2.36. The molecule has 0 saturated carbocycles. The minimum Gasteiger partial charge on any atom is -0.368 e. The molecule has 2 heterocycles. The van der Waals surface area contributed by atoms with Crippen LogP contribution >= 0.6 is 23.4 Å². The molecule has 0 spiro atoms. The molecule has 128 valence electrons. The van der Waals surface area contributed by atoms with Gasteiger partial charge in [0.2, 0.25) is 5.91 Å². The molecule has 0 N–H and O–H groups in total. The van der Waals surface area contributed by atoms with Gasteiger partial charge in [-0.05, 0) is 25.1 Å². The van der Waals surface area contributed by atoms with Crippen LogP contribution in [-0.4, -0.2) is 57.5 Å². The average molecular weight is 366 g/mol. The van der Waals surface area contributed by atoms with Crippen LogP contribution in [0.5, 0.6) is 0 Å². The molecule has 1 aliphatic rings. The zero-order valence-corrected chi connectivity index (χ0v) is 15.1. The van der Waals surface area contributed by atoms with E-state index in [1.807, 2.05) is 34.6 Å². The number of aryl methyl sites for hydroxylation is 1. The Bertz CT molecular complexity index is 699. The number of aromatic nitrogens is 3. The van der Waals surface area contributed by atoms with Crippen LogP contribution in [-0.2, 0) is 11.3 Å². The number of carbonyl (C=O) groups excluding carboxylic acids is 1. The molecule has 0 unspecified atom stereocenters. The molecule has 6 nitrogen and oxygen atoms in total. The zero-order valence-electron chi connectivity index (χ0n) is 13.6. The van der Waals surface area contributed by atoms with Gasteiger partial charge >= 0.3 is 0 Å². The maximum absolute atomic E-state index is 12.4. The molecule has 3 rings (SSSR count). The predicted molar refractivity (Wildman–Crippen MR) is 96.7 cm³/mol. The van der Waals surface area contributed by atoms with Crippen molar-refractivity contribution in [2.45, 2.75) is 18.6 Å². The maximum atomic E-state index is 12.4. The number of halogens is 1. The number of anilines is 1. The van der Waals surface area contributed by atoms with Crippen molar-refractivity contribution < 1.29 is 4.79 Å². The number of carbonyl (C=O) groups is 1. The van der Waals surface area contributed by atoms with E-state index in [2.05, 4.69) is 21.2 Å². The van der Waals surface area contributed by atoms with Crippen molar-refractivity contribution in [2.75, 3.05) is 36.8 Å². The first kappa shape index (κ1) is 17.1. The van der Waals surface area contributed by atoms with Crippen molar-refractivity contribution >= 4 is 35.0 Å². The third-order valence-corrected chi connectivity index (χ3v) is 5.25. The molecule has 1 aromatic heterocycles. The summed E-state index contributed by atoms with van der Waals surface area (Å²) in [5.74, 6) is 0.548. The minimum absolute atomic E-state index is 0.149. The first-order valence-corrected chi connectivity index (χ1v) is 9.32. The Balaban J connectivity index is 1.50. The van der Waals surface area contributed by atoms with Crippen LogP contribution in [0.4, 0.5) is 5.69 Å². The van der Waals surface area contributed by atoms with E-state index in [-0.39, 0.29) is 5.91 Å². The smallest absolute Gasteiger partial charge is 0.233 e. The van der Waals surface area contributed by atoms with E-state index >= 15 is 0 Å². The molecule has 1 saturated heterocycles. The van der Waals surface area contributed by atoms with E-state index in [1.54, 1.807) is 6.33 Å². The summed E-state index contributed by atoms with van der Waals surface area (Å²) in [5.41, 5.74) is 1.11. The quantitative estimate of drug-likeness (QED) is 0.761. The molecule has 0 radical (unpaired) electrons. The van der Waals surface area contributed by atoms with E-state index in [4.69, 9.17) is 11.6 Å². The fourth-order valence-corrected chi connectivity index (χ4v) is 3.74. The summed E-state index contributed by atoms with van der Waals surface area (Å²) >= 11 is 7.50. The molecule has 1 amide bonds. The second kappa shape index (κ2) is 7.90. The van der Waals surface area contributed by atoms with Crippen molar-refractivity contribution in [3.05, 3.63) is 35.6 Å². The molecule has 24 heavy (non-hydrogen) atoms. The van der Waals surface area contributed by atoms with Gasteiger partial charge in [-0.15, -0.1) is 10.2 Å². The standard InChI is InChI=1S/C16H20ClN5OS/c1-2-20-12-18-19-16(20)24-11-15(23)22-8-6-21(7-9-22)14-5-3-4-13(17)10-14/h3-5,10,12H,2,6-9,11H2,1H3. The second-order valence-electron chi connectivity index (χ2n) is 5.54. The number of amides is 1. The number of piperazine rings is 1. The van der Waals surface area contributed by atoms with Crippen LogP contribution < -0.4 is 4.90 Å². The summed E-state index contributed by atoms with van der Waals surface area (Å²) in [7, 11) is 0. The van der Waals surface area contributed by atoms with Gasteiger partial charge in [0, 0.05) is 43.4 Å². The molecule has 1 aromatic carbocycles. The summed E-state index contributed by atoms with van der Waals surface area (Å²) in [6.45, 7) is 5.94. The van der Waals surface area contributed by atoms with Gasteiger partial charge in [-0.1, -0.05) is 29.4 Å². The van der Waals surface area contributed by atoms with Crippen LogP contribution in [0.15, 0.2) is 35.7 Å². The molecular formula is C16H20ClN5OS. The predicted octanol–water partition coefficient (Wildman–Crippen LogP) is 2.39. The Morgan fingerprint density at radius 1 is 1.29 bits per heavy atom. The summed E-state index contributed by atoms with van der Waals surface area (Å²) in [6, 6.07) is 7.84. The minimum atomic E-state index is 0.149. The van der Waals surface area contributed by atoms with Crippen LogP contribution in [0.1, 0.15) is 6.92 Å². The molecule has 0 aliphatic carbocycles. The van der Waals surface area contributed by atoms with Crippen molar-refractivity contribution in [1.29, 1.82) is 0 Å². The van der Waals surface area contributed by atoms with Gasteiger partial charge in [0.05, 0.1) is 5.75 Å². The Labute approximate surface area is 150 Å². The monoisotopic (exact) mass is 365 g/mol. The lowest BCUT2D eigenvalue weighted by Crippen LogP contribution is -2.49. The molecule has 0 bridgehead atoms. The summed E-state index contributed by atoms with van der Waals surface area (Å²) < 4.78 is 1.94. The number of rotatable bonds is 5. The van der Waals surface area contributed by atoms with Crippen molar-refractivity contribution in [3.8, 4) is 0 Å². The van der Waals surface area contributed by atoms with Crippen LogP contribution in [0.25, 0.3) is 0 Å². The van der Waals surface area contributed by atoms with E-state index in [0.717, 1.165) is 48.6 Å². The largest absolute Gasteiger partial charge is 0.368 e. The first-order valence-electron chi connectivity index (χ1n) is 7.96. The van der Waals surface area contributed by atoms with Crippen molar-refractivity contribution in [2.24, 2.45) is 0 Å². The van der Waals surface area contributed by atoms with E-state index < -0.39 is 0 Å². The highest BCUT2D eigenvalue weighted by molar-refractivity contribution is 7.99. The van der Waals surface area contributed by atoms with Crippen LogP contribution in [0.2, 0.25) is 5.02 Å². The average Bonchev–Trinajstić information content (AvgIpc) is 3.07. The van der Waals surface area contributed by atoms with Crippen molar-refractivity contribution in [1.82, 2.24) is 19.7 Å². The Hall–Kier alpha value is -1.73. The Kier molecular flexibility index (Phi) is 5.63. The van der Waals surface area contributed by atoms with Gasteiger partial charge in [0.15, 0.2) is 5.16 Å². The van der Waals surface area contributed by atoms with Gasteiger partial charge in [-0.3, -0.25) is 4.79 Å². The number of benzene rings is 1. The Morgan fingerprint density at radius 2 is 2.08 bits per heavy atom. The molecular weight excluding hydrogens is 346 g/mol. The van der Waals surface area contributed by atoms with Gasteiger partial charge < -0.3 is 14.4 Å². The van der Waals surface area contributed by atoms with Gasteiger partial charge in [-0.2, -0.15) is 0 Å². The summed E-state index contributed by atoms with van der Waals surface area (Å²) in [6.07, 6.45) is 1.69. The number of hydrogen-bond donors (Lipinski definition) is 0. The van der Waals surface area contributed by atoms with Gasteiger partial charge in [0.25, 0.3) is 0 Å². The fraction of sp³-hybridized carbons (Fsp3) is 0.438. The summed E-state index contributed by atoms with van der Waals surface area (Å²) in [5, 5.41) is 9.47. The number of thioether (sulfide) groups is 1. The molecule has 1 aliphatic heterocycles. The van der Waals surface area contributed by atoms with Gasteiger partial charge in [-0.25, -0.2) is 0 Å². The molecule has 1 fully saturated rings. The SMILES string of the molecule is CCn1cnnc1SCC(=O)N1CCN(c2cccc(Cl)c2)CC1. The second-order valence-corrected chi connectivity index (χ2v) is 6.91. The topological polar surface area (TPSA) is 54.3 Å². The van der Waals surface area contributed by atoms with E-state index in [1.165, 1.54) is 11.8 Å². The highest BCUT2D eigenvalue weighted by atomic mass is 35.5. The third kappa shape index (κ3) is 4.02. The number of nitrogens with zero attached hydrogens (tertiary/aromatic N) is 5.